The van der Waals surface area contributed by atoms with Crippen molar-refractivity contribution in [2.24, 2.45) is 28.6 Å². The van der Waals surface area contributed by atoms with Crippen molar-refractivity contribution in [3.63, 3.8) is 0 Å². The fraction of sp³-hybridized carbons (Fsp3) is 0.842. The molecule has 7 atom stereocenters. The summed E-state index contributed by atoms with van der Waals surface area (Å²) in [5.41, 5.74) is -0.215. The monoisotopic (exact) mass is 321 g/mol. The zero-order chi connectivity index (χ0) is 16.6. The summed E-state index contributed by atoms with van der Waals surface area (Å²) in [7, 11) is 1.75. The molecule has 1 aliphatic heterocycles. The number of aliphatic hydroxyl groups is 1. The van der Waals surface area contributed by atoms with E-state index in [2.05, 4.69) is 13.8 Å². The average molecular weight is 321 g/mol. The summed E-state index contributed by atoms with van der Waals surface area (Å²) in [4.78, 5) is 13.7. The minimum atomic E-state index is -0.577. The summed E-state index contributed by atoms with van der Waals surface area (Å²) in [6, 6.07) is 0.117. The molecule has 4 heteroatoms. The third-order valence-electron chi connectivity index (χ3n) is 8.11. The molecule has 1 amide bonds. The Morgan fingerprint density at radius 1 is 1.17 bits per heavy atom. The van der Waals surface area contributed by atoms with Gasteiger partial charge in [0.2, 0.25) is 0 Å². The highest BCUT2D eigenvalue weighted by Crippen LogP contribution is 2.64. The molecule has 3 saturated carbocycles. The van der Waals surface area contributed by atoms with Gasteiger partial charge in [-0.25, -0.2) is 4.39 Å². The van der Waals surface area contributed by atoms with Crippen molar-refractivity contribution in [1.82, 2.24) is 4.90 Å². The van der Waals surface area contributed by atoms with Gasteiger partial charge in [-0.1, -0.05) is 13.8 Å². The van der Waals surface area contributed by atoms with Gasteiger partial charge < -0.3 is 10.0 Å². The molecule has 2 unspecified atom stereocenters. The lowest BCUT2D eigenvalue weighted by atomic mass is 9.48. The third-order valence-corrected chi connectivity index (χ3v) is 8.11. The molecule has 0 bridgehead atoms. The summed E-state index contributed by atoms with van der Waals surface area (Å²) in [6.07, 6.45) is 7.58. The molecule has 0 radical (unpaired) electrons. The predicted molar refractivity (Wildman–Crippen MR) is 86.1 cm³/mol. The van der Waals surface area contributed by atoms with E-state index in [1.54, 1.807) is 18.0 Å². The van der Waals surface area contributed by atoms with Crippen LogP contribution in [0.1, 0.15) is 52.4 Å². The van der Waals surface area contributed by atoms with E-state index >= 15 is 0 Å². The molecule has 0 saturated heterocycles. The van der Waals surface area contributed by atoms with Crippen molar-refractivity contribution in [3.05, 3.63) is 11.9 Å². The highest BCUT2D eigenvalue weighted by Gasteiger charge is 2.60. The van der Waals surface area contributed by atoms with E-state index < -0.39 is 11.7 Å². The van der Waals surface area contributed by atoms with Crippen LogP contribution in [0, 0.1) is 28.6 Å². The Bertz CT molecular complexity index is 576. The number of rotatable bonds is 0. The predicted octanol–water partition coefficient (Wildman–Crippen LogP) is 3.28. The Hall–Kier alpha value is -0.900. The van der Waals surface area contributed by atoms with E-state index in [0.717, 1.165) is 38.5 Å². The normalized spacial score (nSPS) is 52.6. The topological polar surface area (TPSA) is 40.5 Å². The molecular weight excluding hydrogens is 293 g/mol. The first kappa shape index (κ1) is 15.6. The van der Waals surface area contributed by atoms with Gasteiger partial charge in [-0.15, -0.1) is 0 Å². The molecule has 128 valence electrons. The van der Waals surface area contributed by atoms with E-state index in [0.29, 0.717) is 17.8 Å². The quantitative estimate of drug-likeness (QED) is 0.744. The maximum Gasteiger partial charge on any atom is 0.282 e. The number of carbonyl (C=O) groups is 1. The van der Waals surface area contributed by atoms with Crippen molar-refractivity contribution < 1.29 is 14.3 Å². The SMILES string of the molecule is CN1C(=O)C(F)=C[C@@]2(C)C1CC[C@@H]1[C@H]2CC[C@]2(C)C(O)CC[C@@H]12. The zero-order valence-electron chi connectivity index (χ0n) is 14.4. The number of likely N-dealkylation sites (N-methyl/N-ethyl adjacent to an activating group) is 1. The Balaban J connectivity index is 1.72. The van der Waals surface area contributed by atoms with Gasteiger partial charge in [-0.3, -0.25) is 4.79 Å². The second kappa shape index (κ2) is 4.81. The standard InChI is InChI=1S/C19H28FNO2/c1-18-9-8-13-11(12(18)5-7-16(18)22)4-6-15-19(13,2)10-14(20)17(23)21(15)3/h10-13,15-16,22H,4-9H2,1-3H3/t11-,12-,13+,15?,16?,18-,19+/m0/s1. The lowest BCUT2D eigenvalue weighted by molar-refractivity contribution is -0.143. The van der Waals surface area contributed by atoms with Gasteiger partial charge in [0.15, 0.2) is 5.83 Å². The average Bonchev–Trinajstić information content (AvgIpc) is 2.80. The second-order valence-electron chi connectivity index (χ2n) is 8.88. The number of hydrogen-bond acceptors (Lipinski definition) is 2. The van der Waals surface area contributed by atoms with Crippen molar-refractivity contribution in [2.45, 2.75) is 64.5 Å². The van der Waals surface area contributed by atoms with Crippen LogP contribution in [0.2, 0.25) is 0 Å². The number of nitrogens with zero attached hydrogens (tertiary/aromatic N) is 1. The van der Waals surface area contributed by atoms with Crippen LogP contribution >= 0.6 is 0 Å². The largest absolute Gasteiger partial charge is 0.393 e. The molecule has 4 aliphatic rings. The molecule has 3 nitrogen and oxygen atoms in total. The smallest absolute Gasteiger partial charge is 0.282 e. The summed E-state index contributed by atoms with van der Waals surface area (Å²) >= 11 is 0. The maximum absolute atomic E-state index is 14.2. The molecule has 3 aliphatic carbocycles. The van der Waals surface area contributed by atoms with Crippen LogP contribution in [-0.2, 0) is 4.79 Å². The Kier molecular flexibility index (Phi) is 3.27. The zero-order valence-corrected chi connectivity index (χ0v) is 14.4. The molecule has 0 aromatic rings. The van der Waals surface area contributed by atoms with Gasteiger partial charge in [-0.2, -0.15) is 0 Å². The molecule has 0 aromatic heterocycles. The van der Waals surface area contributed by atoms with Crippen molar-refractivity contribution >= 4 is 5.91 Å². The van der Waals surface area contributed by atoms with E-state index in [4.69, 9.17) is 0 Å². The summed E-state index contributed by atoms with van der Waals surface area (Å²) < 4.78 is 14.2. The lowest BCUT2D eigenvalue weighted by Gasteiger charge is -2.60. The van der Waals surface area contributed by atoms with Gasteiger partial charge >= 0.3 is 0 Å². The van der Waals surface area contributed by atoms with Crippen molar-refractivity contribution in [1.29, 1.82) is 0 Å². The van der Waals surface area contributed by atoms with Crippen molar-refractivity contribution in [3.8, 4) is 0 Å². The Morgan fingerprint density at radius 3 is 2.65 bits per heavy atom. The van der Waals surface area contributed by atoms with Gasteiger partial charge in [-0.05, 0) is 67.8 Å². The summed E-state index contributed by atoms with van der Waals surface area (Å²) in [5.74, 6) is 0.492. The maximum atomic E-state index is 14.2. The van der Waals surface area contributed by atoms with Crippen LogP contribution < -0.4 is 0 Å². The molecule has 1 heterocycles. The van der Waals surface area contributed by atoms with Crippen LogP contribution in [0.5, 0.6) is 0 Å². The van der Waals surface area contributed by atoms with Gasteiger partial charge in [0.05, 0.1) is 6.10 Å². The lowest BCUT2D eigenvalue weighted by Crippen LogP contribution is -2.60. The van der Waals surface area contributed by atoms with E-state index in [9.17, 15) is 14.3 Å². The highest BCUT2D eigenvalue weighted by molar-refractivity contribution is 5.92. The summed E-state index contributed by atoms with van der Waals surface area (Å²) in [5, 5.41) is 10.5. The first-order chi connectivity index (χ1) is 10.8. The number of aliphatic hydroxyl groups excluding tert-OH is 1. The fourth-order valence-corrected chi connectivity index (χ4v) is 6.80. The molecule has 0 aromatic carbocycles. The van der Waals surface area contributed by atoms with Crippen LogP contribution in [0.4, 0.5) is 4.39 Å². The minimum Gasteiger partial charge on any atom is -0.393 e. The van der Waals surface area contributed by atoms with Gasteiger partial charge in [0.25, 0.3) is 5.91 Å². The number of hydrogen-bond donors (Lipinski definition) is 1. The Labute approximate surface area is 137 Å². The molecule has 3 fully saturated rings. The highest BCUT2D eigenvalue weighted by atomic mass is 19.1. The van der Waals surface area contributed by atoms with Crippen molar-refractivity contribution in [2.75, 3.05) is 7.05 Å². The minimum absolute atomic E-state index is 0.0447. The Morgan fingerprint density at radius 2 is 1.91 bits per heavy atom. The first-order valence-corrected chi connectivity index (χ1v) is 9.12. The first-order valence-electron chi connectivity index (χ1n) is 9.12. The van der Waals surface area contributed by atoms with E-state index in [1.165, 1.54) is 0 Å². The van der Waals surface area contributed by atoms with E-state index in [1.807, 2.05) is 0 Å². The number of carbonyl (C=O) groups excluding carboxylic acids is 1. The van der Waals surface area contributed by atoms with Crippen LogP contribution in [0.15, 0.2) is 11.9 Å². The summed E-state index contributed by atoms with van der Waals surface area (Å²) in [6.45, 7) is 4.41. The molecule has 4 rings (SSSR count). The molecule has 0 spiro atoms. The van der Waals surface area contributed by atoms with Crippen LogP contribution in [0.3, 0.4) is 0 Å². The second-order valence-corrected chi connectivity index (χ2v) is 8.88. The van der Waals surface area contributed by atoms with E-state index in [-0.39, 0.29) is 23.0 Å². The number of halogens is 1. The number of amides is 1. The molecular formula is C19H28FNO2. The fourth-order valence-electron chi connectivity index (χ4n) is 6.80. The van der Waals surface area contributed by atoms with Gasteiger partial charge in [0.1, 0.15) is 0 Å². The molecule has 23 heavy (non-hydrogen) atoms. The van der Waals surface area contributed by atoms with Crippen LogP contribution in [-0.4, -0.2) is 35.1 Å². The van der Waals surface area contributed by atoms with Crippen LogP contribution in [0.25, 0.3) is 0 Å². The third kappa shape index (κ3) is 1.87. The van der Waals surface area contributed by atoms with Gasteiger partial charge in [0, 0.05) is 18.5 Å². The molecule has 1 N–H and O–H groups in total. The number of fused-ring (bicyclic) bond motifs is 5.